The molecule has 3 heteroatoms. The second kappa shape index (κ2) is 3.41. The molecule has 0 aromatic heterocycles. The molecule has 0 radical (unpaired) electrons. The molecule has 8 heavy (non-hydrogen) atoms. The van der Waals surface area contributed by atoms with Gasteiger partial charge >= 0.3 is 0 Å². The lowest BCUT2D eigenvalue weighted by Gasteiger charge is -2.12. The summed E-state index contributed by atoms with van der Waals surface area (Å²) in [7, 11) is 0. The molecule has 50 valence electrons. The molecule has 0 rings (SSSR count). The Morgan fingerprint density at radius 1 is 1.50 bits per heavy atom. The van der Waals surface area contributed by atoms with E-state index in [0.29, 0.717) is 0 Å². The maximum atomic E-state index is 12.1. The van der Waals surface area contributed by atoms with E-state index in [9.17, 15) is 4.39 Å². The Kier molecular flexibility index (Phi) is 3.56. The summed E-state index contributed by atoms with van der Waals surface area (Å²) in [6.45, 7) is 3.04. The topological polar surface area (TPSA) is 20.2 Å². The molecule has 0 aliphatic rings. The van der Waals surface area contributed by atoms with Gasteiger partial charge in [0.1, 0.15) is 6.17 Å². The van der Waals surface area contributed by atoms with Crippen molar-refractivity contribution < 1.29 is 9.50 Å². The molecular weight excluding hydrogens is 175 g/mol. The summed E-state index contributed by atoms with van der Waals surface area (Å²) in [6.07, 6.45) is -2.03. The highest BCUT2D eigenvalue weighted by Crippen LogP contribution is 2.09. The number of halogens is 2. The molecule has 0 bridgehead atoms. The molecule has 3 unspecified atom stereocenters. The fourth-order valence-electron chi connectivity index (χ4n) is 0.365. The summed E-state index contributed by atoms with van der Waals surface area (Å²) >= 11 is 3.05. The van der Waals surface area contributed by atoms with Gasteiger partial charge in [-0.05, 0) is 6.92 Å². The molecule has 0 aliphatic heterocycles. The Bertz CT molecular complexity index is 57.4. The second-order valence-corrected chi connectivity index (χ2v) is 3.29. The number of hydrogen-bond donors (Lipinski definition) is 1. The van der Waals surface area contributed by atoms with Gasteiger partial charge in [-0.15, -0.1) is 0 Å². The molecule has 0 aliphatic carbocycles. The van der Waals surface area contributed by atoms with Crippen LogP contribution in [-0.2, 0) is 0 Å². The van der Waals surface area contributed by atoms with Crippen molar-refractivity contribution in [3.63, 3.8) is 0 Å². The zero-order valence-corrected chi connectivity index (χ0v) is 6.52. The molecule has 0 aromatic carbocycles. The van der Waals surface area contributed by atoms with Crippen LogP contribution < -0.4 is 0 Å². The molecule has 0 fully saturated rings. The van der Waals surface area contributed by atoms with Gasteiger partial charge in [-0.3, -0.25) is 0 Å². The molecule has 0 heterocycles. The van der Waals surface area contributed by atoms with Gasteiger partial charge in [-0.25, -0.2) is 4.39 Å². The van der Waals surface area contributed by atoms with E-state index in [2.05, 4.69) is 15.9 Å². The molecule has 0 spiro atoms. The van der Waals surface area contributed by atoms with Gasteiger partial charge in [0.25, 0.3) is 0 Å². The summed E-state index contributed by atoms with van der Waals surface area (Å²) in [6, 6.07) is 0. The third-order valence-corrected chi connectivity index (χ3v) is 1.48. The smallest absolute Gasteiger partial charge is 0.124 e. The summed E-state index contributed by atoms with van der Waals surface area (Å²) in [5.74, 6) is 0. The van der Waals surface area contributed by atoms with E-state index in [1.54, 1.807) is 6.92 Å². The molecule has 0 saturated heterocycles. The molecule has 1 N–H and O–H groups in total. The monoisotopic (exact) mass is 184 g/mol. The van der Waals surface area contributed by atoms with Crippen molar-refractivity contribution >= 4 is 15.9 Å². The molecule has 0 saturated carbocycles. The molecule has 3 atom stereocenters. The SMILES string of the molecule is CC(F)C(O)C(C)Br. The van der Waals surface area contributed by atoms with Gasteiger partial charge in [-0.2, -0.15) is 0 Å². The van der Waals surface area contributed by atoms with Crippen LogP contribution in [0.5, 0.6) is 0 Å². The summed E-state index contributed by atoms with van der Waals surface area (Å²) < 4.78 is 12.1. The fourth-order valence-corrected chi connectivity index (χ4v) is 0.786. The quantitative estimate of drug-likeness (QED) is 0.646. The maximum absolute atomic E-state index is 12.1. The highest BCUT2D eigenvalue weighted by Gasteiger charge is 2.17. The average molecular weight is 185 g/mol. The highest BCUT2D eigenvalue weighted by molar-refractivity contribution is 9.09. The van der Waals surface area contributed by atoms with Crippen molar-refractivity contribution in [1.29, 1.82) is 0 Å². The zero-order chi connectivity index (χ0) is 6.73. The summed E-state index contributed by atoms with van der Waals surface area (Å²) in [5, 5.41) is 8.78. The van der Waals surface area contributed by atoms with Crippen LogP contribution in [0.4, 0.5) is 4.39 Å². The van der Waals surface area contributed by atoms with Crippen LogP contribution in [0.2, 0.25) is 0 Å². The normalized spacial score (nSPS) is 22.1. The van der Waals surface area contributed by atoms with Crippen LogP contribution >= 0.6 is 15.9 Å². The van der Waals surface area contributed by atoms with Crippen molar-refractivity contribution in [3.8, 4) is 0 Å². The van der Waals surface area contributed by atoms with E-state index in [1.807, 2.05) is 0 Å². The van der Waals surface area contributed by atoms with Crippen LogP contribution in [0.25, 0.3) is 0 Å². The first-order valence-corrected chi connectivity index (χ1v) is 3.43. The third kappa shape index (κ3) is 2.62. The minimum absolute atomic E-state index is 0.164. The second-order valence-electron chi connectivity index (χ2n) is 1.85. The number of hydrogen-bond acceptors (Lipinski definition) is 1. The first-order valence-electron chi connectivity index (χ1n) is 2.52. The average Bonchev–Trinajstić information content (AvgIpc) is 1.64. The lowest BCUT2D eigenvalue weighted by atomic mass is 10.2. The van der Waals surface area contributed by atoms with Gasteiger partial charge in [-0.1, -0.05) is 22.9 Å². The number of rotatable bonds is 2. The minimum Gasteiger partial charge on any atom is -0.389 e. The third-order valence-electron chi connectivity index (χ3n) is 0.941. The van der Waals surface area contributed by atoms with Crippen molar-refractivity contribution in [2.24, 2.45) is 0 Å². The molecule has 0 aromatic rings. The van der Waals surface area contributed by atoms with Crippen molar-refractivity contribution in [2.75, 3.05) is 0 Å². The van der Waals surface area contributed by atoms with E-state index in [1.165, 1.54) is 6.92 Å². The fraction of sp³-hybridized carbons (Fsp3) is 1.00. The van der Waals surface area contributed by atoms with Gasteiger partial charge in [0.05, 0.1) is 6.10 Å². The molecule has 1 nitrogen and oxygen atoms in total. The number of aliphatic hydroxyl groups is 1. The van der Waals surface area contributed by atoms with Crippen LogP contribution in [-0.4, -0.2) is 22.2 Å². The number of aliphatic hydroxyl groups excluding tert-OH is 1. The Labute approximate surface area is 57.0 Å². The first kappa shape index (κ1) is 8.37. The van der Waals surface area contributed by atoms with E-state index in [-0.39, 0.29) is 4.83 Å². The Balaban J connectivity index is 3.46. The number of alkyl halides is 2. The van der Waals surface area contributed by atoms with Gasteiger partial charge < -0.3 is 5.11 Å². The largest absolute Gasteiger partial charge is 0.389 e. The van der Waals surface area contributed by atoms with Crippen molar-refractivity contribution in [3.05, 3.63) is 0 Å². The lowest BCUT2D eigenvalue weighted by Crippen LogP contribution is -2.26. The van der Waals surface area contributed by atoms with Crippen LogP contribution in [0.1, 0.15) is 13.8 Å². The lowest BCUT2D eigenvalue weighted by molar-refractivity contribution is 0.0909. The van der Waals surface area contributed by atoms with E-state index >= 15 is 0 Å². The van der Waals surface area contributed by atoms with Crippen molar-refractivity contribution in [2.45, 2.75) is 31.0 Å². The van der Waals surface area contributed by atoms with E-state index in [4.69, 9.17) is 5.11 Å². The van der Waals surface area contributed by atoms with Crippen LogP contribution in [0, 0.1) is 0 Å². The van der Waals surface area contributed by atoms with Crippen LogP contribution in [0.15, 0.2) is 0 Å². The molecular formula is C5H10BrFO. The Morgan fingerprint density at radius 2 is 1.88 bits per heavy atom. The maximum Gasteiger partial charge on any atom is 0.124 e. The Hall–Kier alpha value is 0.370. The van der Waals surface area contributed by atoms with Gasteiger partial charge in [0.15, 0.2) is 0 Å². The summed E-state index contributed by atoms with van der Waals surface area (Å²) in [4.78, 5) is -0.164. The summed E-state index contributed by atoms with van der Waals surface area (Å²) in [5.41, 5.74) is 0. The van der Waals surface area contributed by atoms with E-state index < -0.39 is 12.3 Å². The van der Waals surface area contributed by atoms with Crippen molar-refractivity contribution in [1.82, 2.24) is 0 Å². The first-order chi connectivity index (χ1) is 3.55. The zero-order valence-electron chi connectivity index (χ0n) is 4.94. The van der Waals surface area contributed by atoms with Gasteiger partial charge in [0.2, 0.25) is 0 Å². The van der Waals surface area contributed by atoms with E-state index in [0.717, 1.165) is 0 Å². The predicted octanol–water partition coefficient (Wildman–Crippen LogP) is 1.49. The van der Waals surface area contributed by atoms with Gasteiger partial charge in [0, 0.05) is 4.83 Å². The predicted molar refractivity (Wildman–Crippen MR) is 35.0 cm³/mol. The highest BCUT2D eigenvalue weighted by atomic mass is 79.9. The minimum atomic E-state index is -1.15. The molecule has 0 amide bonds. The Morgan fingerprint density at radius 3 is 1.88 bits per heavy atom. The standard InChI is InChI=1S/C5H10BrFO/c1-3(6)5(8)4(2)7/h3-5,8H,1-2H3. The van der Waals surface area contributed by atoms with Crippen LogP contribution in [0.3, 0.4) is 0 Å².